The number of aromatic nitrogens is 2. The summed E-state index contributed by atoms with van der Waals surface area (Å²) in [7, 11) is 3.71. The molecular weight excluding hydrogens is 721 g/mol. The Hall–Kier alpha value is -3.18. The zero-order chi connectivity index (χ0) is 42.1. The zero-order valence-corrected chi connectivity index (χ0v) is 36.6. The van der Waals surface area contributed by atoms with Crippen molar-refractivity contribution in [3.8, 4) is 0 Å². The van der Waals surface area contributed by atoms with E-state index in [4.69, 9.17) is 4.74 Å². The van der Waals surface area contributed by atoms with Crippen LogP contribution in [0.15, 0.2) is 29.6 Å². The minimum absolute atomic E-state index is 0.00926. The number of hydrogen-bond donors (Lipinski definition) is 2. The molecule has 1 amide bonds. The average Bonchev–Trinajstić information content (AvgIpc) is 3.42. The molecule has 4 saturated carbocycles. The Balaban J connectivity index is 1.30. The smallest absolute Gasteiger partial charge is 0.309 e. The van der Waals surface area contributed by atoms with Gasteiger partial charge in [-0.05, 0) is 131 Å². The Labute approximate surface area is 340 Å². The number of fused-ring (bicyclic) bond motifs is 7. The number of allylic oxidation sites excluding steroid dienone is 1. The molecule has 0 bridgehead atoms. The normalized spacial score (nSPS) is 35.2. The molecule has 6 rings (SSSR count). The van der Waals surface area contributed by atoms with Crippen molar-refractivity contribution in [2.24, 2.45) is 56.2 Å². The lowest BCUT2D eigenvalue weighted by atomic mass is 9.33. The number of aliphatic hydroxyl groups excluding tert-OH is 1. The largest absolute Gasteiger partial charge is 0.481 e. The van der Waals surface area contributed by atoms with E-state index in [0.29, 0.717) is 24.1 Å². The summed E-state index contributed by atoms with van der Waals surface area (Å²) >= 11 is 0. The molecule has 11 nitrogen and oxygen atoms in total. The number of ether oxygens (including phenoxy) is 1. The molecule has 9 atom stereocenters. The SMILES string of the molecule is CC(C)C1=C2[C@H]3CC[C@@H]4[C@@]5(C)CC[C@H](OC(=O)CC(C)(C)C(=O)O)C(C)(C)[C@@H]5CC[C@@]4(C)[C@]3(C)CC[C@@]2([C@@H](O)CN(Cc2ncccn2)C(=O)CN(C)C)CC1=O. The fraction of sp³-hybridized carbons (Fsp3) is 0.783. The molecule has 0 spiro atoms. The maximum Gasteiger partial charge on any atom is 0.309 e. The molecule has 0 unspecified atom stereocenters. The first-order chi connectivity index (χ1) is 26.4. The second kappa shape index (κ2) is 15.1. The van der Waals surface area contributed by atoms with Crippen LogP contribution in [0.1, 0.15) is 132 Å². The van der Waals surface area contributed by atoms with Gasteiger partial charge in [0.05, 0.1) is 31.0 Å². The molecular formula is C46H70N4O7. The van der Waals surface area contributed by atoms with E-state index < -0.39 is 28.9 Å². The third-order valence-electron chi connectivity index (χ3n) is 16.6. The molecule has 0 radical (unpaired) electrons. The van der Waals surface area contributed by atoms with Crippen LogP contribution in [-0.4, -0.2) is 93.0 Å². The Morgan fingerprint density at radius 2 is 1.60 bits per heavy atom. The number of carboxylic acids is 1. The van der Waals surface area contributed by atoms with Gasteiger partial charge in [0.25, 0.3) is 0 Å². The van der Waals surface area contributed by atoms with E-state index in [2.05, 4.69) is 58.4 Å². The van der Waals surface area contributed by atoms with Gasteiger partial charge in [-0.15, -0.1) is 0 Å². The summed E-state index contributed by atoms with van der Waals surface area (Å²) in [6.45, 7) is 19.8. The van der Waals surface area contributed by atoms with Gasteiger partial charge in [0.15, 0.2) is 5.78 Å². The predicted octanol–water partition coefficient (Wildman–Crippen LogP) is 7.12. The number of Topliss-reactive ketones (excluding diaryl/α,β-unsaturated/α-hetero) is 1. The number of ketones is 1. The predicted molar refractivity (Wildman–Crippen MR) is 217 cm³/mol. The second-order valence-corrected chi connectivity index (χ2v) is 21.2. The van der Waals surface area contributed by atoms with Gasteiger partial charge in [0.1, 0.15) is 11.9 Å². The molecule has 1 aromatic heterocycles. The highest BCUT2D eigenvalue weighted by molar-refractivity contribution is 6.00. The first kappa shape index (κ1) is 43.4. The van der Waals surface area contributed by atoms with Crippen LogP contribution < -0.4 is 0 Å². The van der Waals surface area contributed by atoms with Crippen molar-refractivity contribution in [3.05, 3.63) is 35.4 Å². The number of rotatable bonds is 12. The van der Waals surface area contributed by atoms with Crippen LogP contribution in [0, 0.1) is 56.2 Å². The van der Waals surface area contributed by atoms with Gasteiger partial charge < -0.3 is 24.7 Å². The van der Waals surface area contributed by atoms with Crippen molar-refractivity contribution in [3.63, 3.8) is 0 Å². The third kappa shape index (κ3) is 7.18. The molecule has 5 aliphatic carbocycles. The topological polar surface area (TPSA) is 150 Å². The van der Waals surface area contributed by atoms with Crippen molar-refractivity contribution >= 4 is 23.6 Å². The molecule has 1 aromatic rings. The highest BCUT2D eigenvalue weighted by Crippen LogP contribution is 2.77. The Morgan fingerprint density at radius 3 is 2.21 bits per heavy atom. The van der Waals surface area contributed by atoms with E-state index in [1.807, 2.05) is 19.0 Å². The fourth-order valence-electron chi connectivity index (χ4n) is 13.5. The Bertz CT molecular complexity index is 1770. The van der Waals surface area contributed by atoms with E-state index in [0.717, 1.165) is 50.5 Å². The highest BCUT2D eigenvalue weighted by atomic mass is 16.5. The van der Waals surface area contributed by atoms with Gasteiger partial charge in [-0.1, -0.05) is 54.0 Å². The van der Waals surface area contributed by atoms with Gasteiger partial charge in [0.2, 0.25) is 5.91 Å². The first-order valence-corrected chi connectivity index (χ1v) is 21.5. The minimum Gasteiger partial charge on any atom is -0.481 e. The third-order valence-corrected chi connectivity index (χ3v) is 16.6. The average molecular weight is 791 g/mol. The Kier molecular flexibility index (Phi) is 11.5. The van der Waals surface area contributed by atoms with Crippen molar-refractivity contribution < 1.29 is 34.1 Å². The monoisotopic (exact) mass is 791 g/mol. The van der Waals surface area contributed by atoms with Crippen LogP contribution in [0.3, 0.4) is 0 Å². The molecule has 11 heteroatoms. The number of aliphatic hydroxyl groups is 1. The summed E-state index contributed by atoms with van der Waals surface area (Å²) in [5.41, 5.74) is -0.260. The molecule has 5 aliphatic rings. The number of amides is 1. The van der Waals surface area contributed by atoms with E-state index in [1.54, 1.807) is 37.2 Å². The number of carbonyl (C=O) groups excluding carboxylic acids is 3. The number of aliphatic carboxylic acids is 1. The summed E-state index contributed by atoms with van der Waals surface area (Å²) in [6, 6.07) is 1.75. The lowest BCUT2D eigenvalue weighted by molar-refractivity contribution is -0.235. The zero-order valence-electron chi connectivity index (χ0n) is 36.6. The van der Waals surface area contributed by atoms with E-state index in [-0.39, 0.29) is 83.8 Å². The summed E-state index contributed by atoms with van der Waals surface area (Å²) < 4.78 is 6.17. The standard InChI is InChI=1S/C46H70N4O7/c1-28(2)38-30(51)23-46(33(52)25-50(36(53)27-49(10)11)26-35-47-21-12-22-48-35)20-19-44(8)29(39(38)46)13-14-32-43(7)17-16-34(57-37(54)24-41(3,4)40(55)56)42(5,6)31(43)15-18-45(32,44)9/h12,21-22,28-29,31-34,52H,13-20,23-27H2,1-11H3,(H,55,56)/t29-,31+,32-,33+,34+,43+,44-,45-,46+/m1/s1. The van der Waals surface area contributed by atoms with Gasteiger partial charge in [-0.2, -0.15) is 0 Å². The quantitative estimate of drug-likeness (QED) is 0.210. The Morgan fingerprint density at radius 1 is 0.930 bits per heavy atom. The molecule has 316 valence electrons. The minimum atomic E-state index is -1.19. The van der Waals surface area contributed by atoms with Crippen molar-refractivity contribution in [2.45, 2.75) is 145 Å². The highest BCUT2D eigenvalue weighted by Gasteiger charge is 2.71. The van der Waals surface area contributed by atoms with E-state index in [1.165, 1.54) is 5.57 Å². The molecule has 57 heavy (non-hydrogen) atoms. The van der Waals surface area contributed by atoms with E-state index in [9.17, 15) is 29.4 Å². The lowest BCUT2D eigenvalue weighted by Gasteiger charge is -2.72. The molecule has 4 fully saturated rings. The number of nitrogens with zero attached hydrogens (tertiary/aromatic N) is 4. The van der Waals surface area contributed by atoms with Gasteiger partial charge in [-0.3, -0.25) is 19.2 Å². The molecule has 1 heterocycles. The van der Waals surface area contributed by atoms with Crippen molar-refractivity contribution in [2.75, 3.05) is 27.2 Å². The van der Waals surface area contributed by atoms with Crippen LogP contribution in [-0.2, 0) is 30.5 Å². The summed E-state index contributed by atoms with van der Waals surface area (Å²) in [5.74, 6) is 0.00282. The lowest BCUT2D eigenvalue weighted by Crippen LogP contribution is -2.66. The number of likely N-dealkylation sites (N-methyl/N-ethyl adjacent to an activating group) is 1. The van der Waals surface area contributed by atoms with Gasteiger partial charge in [-0.25, -0.2) is 9.97 Å². The maximum atomic E-state index is 14.3. The number of hydrogen-bond acceptors (Lipinski definition) is 9. The van der Waals surface area contributed by atoms with Crippen LogP contribution in [0.2, 0.25) is 0 Å². The summed E-state index contributed by atoms with van der Waals surface area (Å²) in [6.07, 6.45) is 9.49. The second-order valence-electron chi connectivity index (χ2n) is 21.2. The first-order valence-electron chi connectivity index (χ1n) is 21.5. The number of carbonyl (C=O) groups is 4. The number of carboxylic acid groups (broad SMARTS) is 1. The van der Waals surface area contributed by atoms with E-state index >= 15 is 0 Å². The molecule has 0 aliphatic heterocycles. The maximum absolute atomic E-state index is 14.3. The molecule has 0 saturated heterocycles. The van der Waals surface area contributed by atoms with Crippen molar-refractivity contribution in [1.29, 1.82) is 0 Å². The summed E-state index contributed by atoms with van der Waals surface area (Å²) in [4.78, 5) is 65.2. The van der Waals surface area contributed by atoms with Crippen LogP contribution in [0.5, 0.6) is 0 Å². The molecule has 2 N–H and O–H groups in total. The van der Waals surface area contributed by atoms with Gasteiger partial charge >= 0.3 is 11.9 Å². The summed E-state index contributed by atoms with van der Waals surface area (Å²) in [5, 5.41) is 22.2. The van der Waals surface area contributed by atoms with Crippen LogP contribution in [0.25, 0.3) is 0 Å². The molecule has 0 aromatic carbocycles. The van der Waals surface area contributed by atoms with Crippen LogP contribution in [0.4, 0.5) is 0 Å². The van der Waals surface area contributed by atoms with Crippen LogP contribution >= 0.6 is 0 Å². The number of esters is 1. The fourth-order valence-corrected chi connectivity index (χ4v) is 13.5. The van der Waals surface area contributed by atoms with Gasteiger partial charge in [0, 0.05) is 36.2 Å². The van der Waals surface area contributed by atoms with Crippen molar-refractivity contribution in [1.82, 2.24) is 19.8 Å².